The number of nitrogens with zero attached hydrogens (tertiary/aromatic N) is 2. The summed E-state index contributed by atoms with van der Waals surface area (Å²) in [7, 11) is 0. The molecule has 2 amide bonds. The molecule has 140 valence electrons. The minimum Gasteiger partial charge on any atom is -0.349 e. The Morgan fingerprint density at radius 1 is 1.33 bits per heavy atom. The summed E-state index contributed by atoms with van der Waals surface area (Å²) in [5.74, 6) is -0.0959. The summed E-state index contributed by atoms with van der Waals surface area (Å²) in [6, 6.07) is 5.36. The van der Waals surface area contributed by atoms with E-state index >= 15 is 0 Å². The molecule has 0 fully saturated rings. The van der Waals surface area contributed by atoms with Gasteiger partial charge in [0, 0.05) is 23.7 Å². The van der Waals surface area contributed by atoms with Crippen molar-refractivity contribution in [3.8, 4) is 0 Å². The fourth-order valence-electron chi connectivity index (χ4n) is 4.41. The average molecular weight is 384 g/mol. The Labute approximate surface area is 163 Å². The molecule has 0 spiro atoms. The highest BCUT2D eigenvalue weighted by Gasteiger charge is 2.45. The van der Waals surface area contributed by atoms with Crippen molar-refractivity contribution in [3.05, 3.63) is 57.9 Å². The van der Waals surface area contributed by atoms with Gasteiger partial charge in [0.25, 0.3) is 5.91 Å². The zero-order valence-electron chi connectivity index (χ0n) is 15.7. The highest BCUT2D eigenvalue weighted by molar-refractivity contribution is 6.31. The molecule has 6 heteroatoms. The van der Waals surface area contributed by atoms with Crippen molar-refractivity contribution in [2.24, 2.45) is 0 Å². The molecule has 1 atom stereocenters. The lowest BCUT2D eigenvalue weighted by Crippen LogP contribution is -2.40. The van der Waals surface area contributed by atoms with E-state index < -0.39 is 5.54 Å². The predicted octanol–water partition coefficient (Wildman–Crippen LogP) is 4.14. The molecule has 1 aliphatic heterocycles. The van der Waals surface area contributed by atoms with Crippen molar-refractivity contribution in [3.63, 3.8) is 0 Å². The summed E-state index contributed by atoms with van der Waals surface area (Å²) in [5.41, 5.74) is 3.99. The van der Waals surface area contributed by atoms with Crippen molar-refractivity contribution in [2.45, 2.75) is 51.6 Å². The number of anilines is 1. The molecule has 1 aromatic carbocycles. The second-order valence-electron chi connectivity index (χ2n) is 7.76. The van der Waals surface area contributed by atoms with Gasteiger partial charge in [-0.1, -0.05) is 11.6 Å². The van der Waals surface area contributed by atoms with Gasteiger partial charge in [-0.2, -0.15) is 0 Å². The molecule has 1 N–H and O–H groups in total. The fraction of sp³-hybridized carbons (Fsp3) is 0.381. The molecule has 1 aliphatic carbocycles. The normalized spacial score (nSPS) is 20.2. The number of halogens is 1. The van der Waals surface area contributed by atoms with E-state index in [0.29, 0.717) is 10.6 Å². The molecule has 2 heterocycles. The van der Waals surface area contributed by atoms with Gasteiger partial charge in [0.05, 0.1) is 23.5 Å². The van der Waals surface area contributed by atoms with Crippen molar-refractivity contribution in [1.29, 1.82) is 0 Å². The van der Waals surface area contributed by atoms with Crippen LogP contribution < -0.4 is 10.2 Å². The molecule has 0 saturated carbocycles. The van der Waals surface area contributed by atoms with Crippen LogP contribution in [0.2, 0.25) is 5.02 Å². The SMILES string of the molecule is CC(=O)N[C@@H]1CCCc2c1cncc2N1C(=O)c2ccc(Cl)cc2C1(C)C. The number of benzene rings is 1. The zero-order chi connectivity index (χ0) is 19.3. The molecule has 0 radical (unpaired) electrons. The van der Waals surface area contributed by atoms with Gasteiger partial charge in [0.15, 0.2) is 0 Å². The third kappa shape index (κ3) is 2.81. The number of rotatable bonds is 2. The maximum atomic E-state index is 13.3. The number of carbonyl (C=O) groups excluding carboxylic acids is 2. The van der Waals surface area contributed by atoms with Gasteiger partial charge in [-0.05, 0) is 68.0 Å². The first-order valence-corrected chi connectivity index (χ1v) is 9.57. The van der Waals surface area contributed by atoms with E-state index in [4.69, 9.17) is 11.6 Å². The van der Waals surface area contributed by atoms with E-state index in [0.717, 1.165) is 41.6 Å². The average Bonchev–Trinajstić information content (AvgIpc) is 2.80. The van der Waals surface area contributed by atoms with Gasteiger partial charge in [-0.15, -0.1) is 0 Å². The van der Waals surface area contributed by atoms with Gasteiger partial charge in [0.1, 0.15) is 0 Å². The number of amides is 2. The molecule has 4 rings (SSSR count). The third-order valence-corrected chi connectivity index (χ3v) is 5.85. The van der Waals surface area contributed by atoms with Gasteiger partial charge in [-0.3, -0.25) is 19.5 Å². The molecular formula is C21H22ClN3O2. The third-order valence-electron chi connectivity index (χ3n) is 5.61. The molecule has 1 aromatic heterocycles. The number of hydrogen-bond donors (Lipinski definition) is 1. The first kappa shape index (κ1) is 18.0. The number of aromatic nitrogens is 1. The van der Waals surface area contributed by atoms with Crippen LogP contribution in [-0.4, -0.2) is 16.8 Å². The van der Waals surface area contributed by atoms with E-state index in [9.17, 15) is 9.59 Å². The van der Waals surface area contributed by atoms with E-state index in [1.165, 1.54) is 6.92 Å². The molecule has 0 bridgehead atoms. The van der Waals surface area contributed by atoms with E-state index in [-0.39, 0.29) is 17.9 Å². The molecular weight excluding hydrogens is 362 g/mol. The summed E-state index contributed by atoms with van der Waals surface area (Å²) in [6.07, 6.45) is 6.28. The van der Waals surface area contributed by atoms with Crippen LogP contribution in [0.5, 0.6) is 0 Å². The summed E-state index contributed by atoms with van der Waals surface area (Å²) in [6.45, 7) is 5.58. The van der Waals surface area contributed by atoms with Crippen molar-refractivity contribution < 1.29 is 9.59 Å². The summed E-state index contributed by atoms with van der Waals surface area (Å²) in [4.78, 5) is 31.1. The Bertz CT molecular complexity index is 954. The van der Waals surface area contributed by atoms with E-state index in [1.54, 1.807) is 18.3 Å². The molecule has 27 heavy (non-hydrogen) atoms. The standard InChI is InChI=1S/C21H22ClN3O2/c1-12(26)24-18-6-4-5-14-16(18)10-23-11-19(14)25-20(27)15-8-7-13(22)9-17(15)21(25,2)3/h7-11,18H,4-6H2,1-3H3,(H,24,26)/t18-/m1/s1. The van der Waals surface area contributed by atoms with E-state index in [2.05, 4.69) is 10.3 Å². The van der Waals surface area contributed by atoms with Gasteiger partial charge in [0.2, 0.25) is 5.91 Å². The monoisotopic (exact) mass is 383 g/mol. The largest absolute Gasteiger partial charge is 0.349 e. The topological polar surface area (TPSA) is 62.3 Å². The van der Waals surface area contributed by atoms with Crippen LogP contribution >= 0.6 is 11.6 Å². The second kappa shape index (κ2) is 6.34. The van der Waals surface area contributed by atoms with Crippen LogP contribution in [-0.2, 0) is 16.8 Å². The Balaban J connectivity index is 1.83. The molecule has 2 aliphatic rings. The van der Waals surface area contributed by atoms with Crippen molar-refractivity contribution in [1.82, 2.24) is 10.3 Å². The summed E-state index contributed by atoms with van der Waals surface area (Å²) >= 11 is 6.19. The highest BCUT2D eigenvalue weighted by Crippen LogP contribution is 2.45. The predicted molar refractivity (Wildman–Crippen MR) is 105 cm³/mol. The first-order valence-electron chi connectivity index (χ1n) is 9.19. The van der Waals surface area contributed by atoms with Gasteiger partial charge in [-0.25, -0.2) is 0 Å². The van der Waals surface area contributed by atoms with Gasteiger partial charge < -0.3 is 5.32 Å². The van der Waals surface area contributed by atoms with Crippen molar-refractivity contribution in [2.75, 3.05) is 4.90 Å². The lowest BCUT2D eigenvalue weighted by molar-refractivity contribution is -0.119. The first-order chi connectivity index (χ1) is 12.8. The molecule has 0 saturated heterocycles. The van der Waals surface area contributed by atoms with E-state index in [1.807, 2.05) is 31.0 Å². The molecule has 2 aromatic rings. The second-order valence-corrected chi connectivity index (χ2v) is 8.20. The number of nitrogens with one attached hydrogen (secondary N) is 1. The minimum absolute atomic E-state index is 0.0384. The maximum Gasteiger partial charge on any atom is 0.259 e. The summed E-state index contributed by atoms with van der Waals surface area (Å²) < 4.78 is 0. The number of hydrogen-bond acceptors (Lipinski definition) is 3. The van der Waals surface area contributed by atoms with Crippen LogP contribution in [0.1, 0.15) is 66.7 Å². The smallest absolute Gasteiger partial charge is 0.259 e. The van der Waals surface area contributed by atoms with Crippen LogP contribution in [0.25, 0.3) is 0 Å². The lowest BCUT2D eigenvalue weighted by atomic mass is 9.86. The quantitative estimate of drug-likeness (QED) is 0.847. The highest BCUT2D eigenvalue weighted by atomic mass is 35.5. The van der Waals surface area contributed by atoms with Crippen LogP contribution in [0.4, 0.5) is 5.69 Å². The van der Waals surface area contributed by atoms with Gasteiger partial charge >= 0.3 is 0 Å². The Morgan fingerprint density at radius 2 is 2.11 bits per heavy atom. The Kier molecular flexibility index (Phi) is 4.22. The summed E-state index contributed by atoms with van der Waals surface area (Å²) in [5, 5.41) is 3.63. The number of fused-ring (bicyclic) bond motifs is 2. The number of carbonyl (C=O) groups is 2. The van der Waals surface area contributed by atoms with Crippen LogP contribution in [0.3, 0.4) is 0 Å². The molecule has 0 unspecified atom stereocenters. The maximum absolute atomic E-state index is 13.3. The van der Waals surface area contributed by atoms with Crippen molar-refractivity contribution >= 4 is 29.1 Å². The minimum atomic E-state index is -0.533. The molecule has 5 nitrogen and oxygen atoms in total. The Hall–Kier alpha value is -2.40. The fourth-order valence-corrected chi connectivity index (χ4v) is 4.58. The van der Waals surface area contributed by atoms with Crippen LogP contribution in [0, 0.1) is 0 Å². The number of pyridine rings is 1. The zero-order valence-corrected chi connectivity index (χ0v) is 16.4. The Morgan fingerprint density at radius 3 is 2.85 bits per heavy atom. The van der Waals surface area contributed by atoms with Crippen LogP contribution in [0.15, 0.2) is 30.6 Å². The lowest BCUT2D eigenvalue weighted by Gasteiger charge is -2.36.